The third-order valence-electron chi connectivity index (χ3n) is 6.92. The number of anilines is 1. The summed E-state index contributed by atoms with van der Waals surface area (Å²) in [7, 11) is 0. The maximum absolute atomic E-state index is 14.0. The van der Waals surface area contributed by atoms with Crippen LogP contribution in [-0.4, -0.2) is 44.6 Å². The number of carbonyl (C=O) groups excluding carboxylic acids is 1. The van der Waals surface area contributed by atoms with Crippen molar-refractivity contribution in [1.29, 1.82) is 0 Å². The van der Waals surface area contributed by atoms with Gasteiger partial charge in [-0.25, -0.2) is 18.9 Å². The average molecular weight is 627 g/mol. The second kappa shape index (κ2) is 13.1. The van der Waals surface area contributed by atoms with E-state index in [1.807, 2.05) is 49.9 Å². The van der Waals surface area contributed by atoms with Gasteiger partial charge < -0.3 is 15.0 Å². The van der Waals surface area contributed by atoms with E-state index in [9.17, 15) is 22.4 Å². The predicted molar refractivity (Wildman–Crippen MR) is 163 cm³/mol. The van der Waals surface area contributed by atoms with Gasteiger partial charge in [-0.05, 0) is 72.9 Å². The third-order valence-corrected chi connectivity index (χ3v) is 7.99. The Morgan fingerprint density at radius 1 is 1.05 bits per heavy atom. The summed E-state index contributed by atoms with van der Waals surface area (Å²) < 4.78 is 56.6. The zero-order chi connectivity index (χ0) is 31.4. The number of nitrogens with one attached hydrogen (secondary N) is 1. The number of hydrogen-bond donors (Lipinski definition) is 1. The van der Waals surface area contributed by atoms with Crippen molar-refractivity contribution in [3.63, 3.8) is 0 Å². The normalized spacial score (nSPS) is 15.5. The van der Waals surface area contributed by atoms with Gasteiger partial charge in [-0.3, -0.25) is 0 Å². The van der Waals surface area contributed by atoms with Gasteiger partial charge in [0, 0.05) is 23.5 Å². The van der Waals surface area contributed by atoms with Crippen LogP contribution in [0.3, 0.4) is 0 Å². The van der Waals surface area contributed by atoms with Crippen LogP contribution in [0.4, 0.5) is 28.0 Å². The monoisotopic (exact) mass is 626 g/mol. The molecule has 2 amide bonds. The van der Waals surface area contributed by atoms with E-state index in [0.29, 0.717) is 23.2 Å². The summed E-state index contributed by atoms with van der Waals surface area (Å²) in [6.07, 6.45) is -2.38. The number of amides is 2. The molecular formula is C31H30F4N6O2S. The fourth-order valence-corrected chi connectivity index (χ4v) is 5.69. The van der Waals surface area contributed by atoms with E-state index in [-0.39, 0.29) is 23.5 Å². The Kier molecular flexibility index (Phi) is 9.23. The van der Waals surface area contributed by atoms with Crippen LogP contribution in [-0.2, 0) is 0 Å². The number of halogens is 4. The molecule has 0 saturated carbocycles. The maximum Gasteiger partial charge on any atom is 0.573 e. The van der Waals surface area contributed by atoms with E-state index >= 15 is 0 Å². The predicted octanol–water partition coefficient (Wildman–Crippen LogP) is 7.87. The van der Waals surface area contributed by atoms with Gasteiger partial charge in [0.05, 0.1) is 11.7 Å². The molecule has 1 fully saturated rings. The highest BCUT2D eigenvalue weighted by atomic mass is 32.2. The Hall–Kier alpha value is -4.39. The van der Waals surface area contributed by atoms with Crippen LogP contribution in [0.2, 0.25) is 0 Å². The number of rotatable bonds is 7. The Morgan fingerprint density at radius 2 is 1.77 bits per heavy atom. The van der Waals surface area contributed by atoms with E-state index in [4.69, 9.17) is 0 Å². The van der Waals surface area contributed by atoms with Crippen molar-refractivity contribution in [2.45, 2.75) is 45.5 Å². The molecular weight excluding hydrogens is 596 g/mol. The van der Waals surface area contributed by atoms with Gasteiger partial charge in [0.25, 0.3) is 0 Å². The summed E-state index contributed by atoms with van der Waals surface area (Å²) in [4.78, 5) is 23.6. The molecule has 0 bridgehead atoms. The SMILES string of the molecule is CC(C)c1cc(F)ccc1N1CCCS/C1=N\C(=O)NC(C)c1ccc(-c2ncn(-c3ccc(OC(F)(F)F)cc3)n2)cc1. The topological polar surface area (TPSA) is 84.6 Å². The number of alkyl halides is 3. The third kappa shape index (κ3) is 7.57. The Labute approximate surface area is 256 Å². The molecule has 44 heavy (non-hydrogen) atoms. The number of carbonyl (C=O) groups is 1. The van der Waals surface area contributed by atoms with E-state index in [1.165, 1.54) is 59.2 Å². The van der Waals surface area contributed by atoms with Crippen LogP contribution in [0.5, 0.6) is 5.75 Å². The average Bonchev–Trinajstić information content (AvgIpc) is 3.47. The highest BCUT2D eigenvalue weighted by Crippen LogP contribution is 2.33. The van der Waals surface area contributed by atoms with E-state index in [1.54, 1.807) is 6.07 Å². The Balaban J connectivity index is 1.24. The highest BCUT2D eigenvalue weighted by molar-refractivity contribution is 8.14. The number of hydrogen-bond acceptors (Lipinski definition) is 5. The number of ether oxygens (including phenoxy) is 1. The number of aromatic nitrogens is 3. The molecule has 1 N–H and O–H groups in total. The van der Waals surface area contributed by atoms with Gasteiger partial charge in [-0.15, -0.1) is 18.3 Å². The maximum atomic E-state index is 14.0. The second-order valence-corrected chi connectivity index (χ2v) is 11.5. The lowest BCUT2D eigenvalue weighted by atomic mass is 10.00. The summed E-state index contributed by atoms with van der Waals surface area (Å²) in [6, 6.07) is 16.6. The summed E-state index contributed by atoms with van der Waals surface area (Å²) in [6.45, 7) is 6.55. The molecule has 13 heteroatoms. The molecule has 5 rings (SSSR count). The molecule has 0 spiro atoms. The second-order valence-electron chi connectivity index (χ2n) is 10.5. The molecule has 230 valence electrons. The van der Waals surface area contributed by atoms with Gasteiger partial charge in [0.1, 0.15) is 17.9 Å². The Bertz CT molecular complexity index is 1640. The fourth-order valence-electron chi connectivity index (χ4n) is 4.74. The summed E-state index contributed by atoms with van der Waals surface area (Å²) in [5, 5.41) is 7.92. The zero-order valence-electron chi connectivity index (χ0n) is 24.2. The first-order valence-electron chi connectivity index (χ1n) is 13.9. The summed E-state index contributed by atoms with van der Waals surface area (Å²) in [5.74, 6) is 0.733. The molecule has 1 unspecified atom stereocenters. The molecule has 1 aromatic heterocycles. The molecule has 3 aromatic carbocycles. The zero-order valence-corrected chi connectivity index (χ0v) is 25.0. The summed E-state index contributed by atoms with van der Waals surface area (Å²) >= 11 is 1.50. The smallest absolute Gasteiger partial charge is 0.406 e. The van der Waals surface area contributed by atoms with E-state index in [2.05, 4.69) is 25.1 Å². The first-order valence-corrected chi connectivity index (χ1v) is 14.9. The van der Waals surface area contributed by atoms with Crippen LogP contribution < -0.4 is 15.0 Å². The van der Waals surface area contributed by atoms with Crippen LogP contribution in [0.1, 0.15) is 50.3 Å². The van der Waals surface area contributed by atoms with Crippen molar-refractivity contribution in [2.75, 3.05) is 17.2 Å². The molecule has 4 aromatic rings. The molecule has 0 radical (unpaired) electrons. The van der Waals surface area contributed by atoms with Crippen LogP contribution in [0, 0.1) is 5.82 Å². The van der Waals surface area contributed by atoms with Crippen molar-refractivity contribution in [2.24, 2.45) is 4.99 Å². The molecule has 2 heterocycles. The number of aliphatic imine (C=N–C) groups is 1. The quantitative estimate of drug-likeness (QED) is 0.210. The largest absolute Gasteiger partial charge is 0.573 e. The molecule has 8 nitrogen and oxygen atoms in total. The van der Waals surface area contributed by atoms with E-state index in [0.717, 1.165) is 34.6 Å². The number of nitrogens with zero attached hydrogens (tertiary/aromatic N) is 5. The fraction of sp³-hybridized carbons (Fsp3) is 0.290. The van der Waals surface area contributed by atoms with Crippen molar-refractivity contribution in [3.05, 3.63) is 90.0 Å². The minimum atomic E-state index is -4.76. The lowest BCUT2D eigenvalue weighted by Gasteiger charge is -2.32. The van der Waals surface area contributed by atoms with Gasteiger partial charge in [-0.2, -0.15) is 4.99 Å². The molecule has 1 aliphatic rings. The lowest BCUT2D eigenvalue weighted by Crippen LogP contribution is -2.36. The molecule has 1 aliphatic heterocycles. The summed E-state index contributed by atoms with van der Waals surface area (Å²) in [5.41, 5.74) is 3.80. The minimum absolute atomic E-state index is 0.0999. The van der Waals surface area contributed by atoms with E-state index < -0.39 is 12.4 Å². The van der Waals surface area contributed by atoms with Crippen molar-refractivity contribution in [3.8, 4) is 22.8 Å². The van der Waals surface area contributed by atoms with Crippen molar-refractivity contribution >= 4 is 28.6 Å². The first kappa shape index (κ1) is 31.0. The number of urea groups is 1. The number of amidine groups is 1. The van der Waals surface area contributed by atoms with Crippen molar-refractivity contribution in [1.82, 2.24) is 20.1 Å². The lowest BCUT2D eigenvalue weighted by molar-refractivity contribution is -0.274. The van der Waals surface area contributed by atoms with Crippen LogP contribution in [0.25, 0.3) is 17.1 Å². The van der Waals surface area contributed by atoms with Crippen LogP contribution >= 0.6 is 11.8 Å². The van der Waals surface area contributed by atoms with Gasteiger partial charge in [0.2, 0.25) is 0 Å². The van der Waals surface area contributed by atoms with Crippen LogP contribution in [0.15, 0.2) is 78.0 Å². The molecule has 0 aliphatic carbocycles. The molecule has 1 saturated heterocycles. The Morgan fingerprint density at radius 3 is 2.45 bits per heavy atom. The number of thioether (sulfide) groups is 1. The standard InChI is InChI=1S/C31H30F4N6O2S/c1-19(2)26-17-23(32)9-14-27(26)40-15-4-16-44-30(40)38-29(42)37-20(3)21-5-7-22(8-6-21)28-36-18-41(39-28)24-10-12-25(13-11-24)43-31(33,34)35/h5-14,17-20H,4,15-16H2,1-3H3,(H,37,42)/b38-30-. The first-order chi connectivity index (χ1) is 21.0. The molecule has 1 atom stereocenters. The van der Waals surface area contributed by atoms with Gasteiger partial charge in [-0.1, -0.05) is 49.9 Å². The van der Waals surface area contributed by atoms with Crippen molar-refractivity contribution < 1.29 is 27.1 Å². The number of benzene rings is 3. The minimum Gasteiger partial charge on any atom is -0.406 e. The van der Waals surface area contributed by atoms with Gasteiger partial charge in [0.15, 0.2) is 11.0 Å². The van der Waals surface area contributed by atoms with Gasteiger partial charge >= 0.3 is 12.4 Å². The highest BCUT2D eigenvalue weighted by Gasteiger charge is 2.31.